The second-order valence-corrected chi connectivity index (χ2v) is 8.04. The predicted octanol–water partition coefficient (Wildman–Crippen LogP) is 4.11. The molecule has 0 bridgehead atoms. The van der Waals surface area contributed by atoms with Crippen molar-refractivity contribution >= 4 is 34.4 Å². The predicted molar refractivity (Wildman–Crippen MR) is 114 cm³/mol. The second-order valence-electron chi connectivity index (χ2n) is 7.66. The summed E-state index contributed by atoms with van der Waals surface area (Å²) in [5.74, 6) is -1.57. The van der Waals surface area contributed by atoms with Gasteiger partial charge in [0.1, 0.15) is 6.04 Å². The molecule has 6 nitrogen and oxygen atoms in total. The average Bonchev–Trinajstić information content (AvgIpc) is 2.68. The number of hydrogen-bond acceptors (Lipinski definition) is 4. The first kappa shape index (κ1) is 21.5. The number of carbonyl (C=O) groups excluding carboxylic acids is 1. The Morgan fingerprint density at radius 3 is 2.45 bits per heavy atom. The molecule has 0 radical (unpaired) electrons. The van der Waals surface area contributed by atoms with Gasteiger partial charge in [0.05, 0.1) is 16.1 Å². The summed E-state index contributed by atoms with van der Waals surface area (Å²) in [5.41, 5.74) is 8.93. The third-order valence-electron chi connectivity index (χ3n) is 5.52. The summed E-state index contributed by atoms with van der Waals surface area (Å²) in [6, 6.07) is 2.34. The Hall–Kier alpha value is -2.18. The number of nitrogens with two attached hydrogens (primary N) is 1. The van der Waals surface area contributed by atoms with Gasteiger partial charge in [-0.3, -0.25) is 14.7 Å². The number of carbonyl (C=O) groups is 2. The summed E-state index contributed by atoms with van der Waals surface area (Å²) in [5, 5.41) is 10.9. The minimum absolute atomic E-state index is 0.0889. The Kier molecular flexibility index (Phi) is 6.75. The van der Waals surface area contributed by atoms with E-state index in [1.165, 1.54) is 0 Å². The number of amides is 1. The van der Waals surface area contributed by atoms with Crippen LogP contribution in [0.4, 0.5) is 0 Å². The molecule has 0 spiro atoms. The highest BCUT2D eigenvalue weighted by molar-refractivity contribution is 6.36. The number of aromatic carboxylic acids is 1. The van der Waals surface area contributed by atoms with Crippen LogP contribution in [0.2, 0.25) is 5.02 Å². The van der Waals surface area contributed by atoms with E-state index in [1.54, 1.807) is 12.1 Å². The summed E-state index contributed by atoms with van der Waals surface area (Å²) in [4.78, 5) is 31.1. The molecule has 156 valence electrons. The van der Waals surface area contributed by atoms with Crippen LogP contribution in [0.5, 0.6) is 0 Å². The summed E-state index contributed by atoms with van der Waals surface area (Å²) in [6.45, 7) is 5.43. The molecule has 29 heavy (non-hydrogen) atoms. The van der Waals surface area contributed by atoms with Crippen LogP contribution in [-0.2, 0) is 17.6 Å². The molecule has 7 heteroatoms. The van der Waals surface area contributed by atoms with Gasteiger partial charge in [-0.2, -0.15) is 0 Å². The second kappa shape index (κ2) is 9.09. The summed E-state index contributed by atoms with van der Waals surface area (Å²) >= 11 is 6.85. The van der Waals surface area contributed by atoms with Crippen LogP contribution in [0.15, 0.2) is 12.1 Å². The minimum Gasteiger partial charge on any atom is -0.478 e. The molecule has 0 fully saturated rings. The maximum atomic E-state index is 12.6. The van der Waals surface area contributed by atoms with Crippen molar-refractivity contribution in [2.45, 2.75) is 58.4 Å². The molecule has 3 rings (SSSR count). The van der Waals surface area contributed by atoms with Crippen molar-refractivity contribution in [2.24, 2.45) is 5.73 Å². The summed E-state index contributed by atoms with van der Waals surface area (Å²) in [6.07, 6.45) is 5.45. The number of aryl methyl sites for hydroxylation is 1. The monoisotopic (exact) mass is 417 g/mol. The molecule has 1 aromatic heterocycles. The van der Waals surface area contributed by atoms with Crippen molar-refractivity contribution in [1.82, 2.24) is 9.88 Å². The highest BCUT2D eigenvalue weighted by atomic mass is 35.5. The van der Waals surface area contributed by atoms with E-state index in [2.05, 4.69) is 0 Å². The van der Waals surface area contributed by atoms with E-state index in [0.717, 1.165) is 49.8 Å². The molecule has 3 N–H and O–H groups in total. The molecule has 1 amide bonds. The third-order valence-corrected chi connectivity index (χ3v) is 5.94. The van der Waals surface area contributed by atoms with E-state index in [1.807, 2.05) is 18.7 Å². The lowest BCUT2D eigenvalue weighted by Crippen LogP contribution is -2.39. The molecule has 1 aromatic carbocycles. The normalized spacial score (nSPS) is 14.8. The van der Waals surface area contributed by atoms with Gasteiger partial charge in [-0.25, -0.2) is 4.79 Å². The topological polar surface area (TPSA) is 96.5 Å². The molecule has 0 saturated heterocycles. The van der Waals surface area contributed by atoms with Crippen LogP contribution in [0.3, 0.4) is 0 Å². The number of hydrogen-bond donors (Lipinski definition) is 2. The fourth-order valence-electron chi connectivity index (χ4n) is 4.34. The summed E-state index contributed by atoms with van der Waals surface area (Å²) in [7, 11) is 0. The molecule has 2 aromatic rings. The first-order valence-corrected chi connectivity index (χ1v) is 10.7. The van der Waals surface area contributed by atoms with Crippen molar-refractivity contribution in [2.75, 3.05) is 13.1 Å². The van der Waals surface area contributed by atoms with Gasteiger partial charge in [0.2, 0.25) is 5.91 Å². The molecule has 0 aliphatic heterocycles. The number of aromatic nitrogens is 1. The molecule has 1 atom stereocenters. The Morgan fingerprint density at radius 1 is 1.21 bits per heavy atom. The van der Waals surface area contributed by atoms with Gasteiger partial charge in [0.15, 0.2) is 0 Å². The van der Waals surface area contributed by atoms with E-state index in [9.17, 15) is 14.7 Å². The van der Waals surface area contributed by atoms with Gasteiger partial charge in [0.25, 0.3) is 0 Å². The maximum Gasteiger partial charge on any atom is 0.335 e. The van der Waals surface area contributed by atoms with Crippen LogP contribution >= 0.6 is 11.6 Å². The largest absolute Gasteiger partial charge is 0.478 e. The van der Waals surface area contributed by atoms with Gasteiger partial charge in [-0.05, 0) is 74.9 Å². The van der Waals surface area contributed by atoms with Crippen LogP contribution in [0, 0.1) is 0 Å². The van der Waals surface area contributed by atoms with Gasteiger partial charge >= 0.3 is 5.97 Å². The smallest absolute Gasteiger partial charge is 0.335 e. The van der Waals surface area contributed by atoms with Crippen LogP contribution < -0.4 is 5.73 Å². The zero-order chi connectivity index (χ0) is 21.1. The van der Waals surface area contributed by atoms with Crippen LogP contribution in [-0.4, -0.2) is 40.0 Å². The lowest BCUT2D eigenvalue weighted by Gasteiger charge is -2.31. The number of fused-ring (bicyclic) bond motifs is 2. The zero-order valence-corrected chi connectivity index (χ0v) is 17.8. The van der Waals surface area contributed by atoms with E-state index >= 15 is 0 Å². The lowest BCUT2D eigenvalue weighted by atomic mass is 9.90. The first-order valence-electron chi connectivity index (χ1n) is 10.3. The number of carboxylic acid groups (broad SMARTS) is 1. The fourth-order valence-corrected chi connectivity index (χ4v) is 4.74. The van der Waals surface area contributed by atoms with Crippen molar-refractivity contribution < 1.29 is 14.7 Å². The van der Waals surface area contributed by atoms with E-state index in [-0.39, 0.29) is 5.56 Å². The Morgan fingerprint density at radius 2 is 1.86 bits per heavy atom. The first-order chi connectivity index (χ1) is 13.9. The molecule has 0 saturated carbocycles. The van der Waals surface area contributed by atoms with Crippen molar-refractivity contribution in [3.8, 4) is 0 Å². The fraction of sp³-hybridized carbons (Fsp3) is 0.500. The minimum atomic E-state index is -1.07. The molecular weight excluding hydrogens is 390 g/mol. The number of nitrogens with zero attached hydrogens (tertiary/aromatic N) is 2. The Balaban J connectivity index is 2.33. The van der Waals surface area contributed by atoms with Gasteiger partial charge in [0, 0.05) is 11.1 Å². The summed E-state index contributed by atoms with van der Waals surface area (Å²) < 4.78 is 0. The molecule has 1 unspecified atom stereocenters. The van der Waals surface area contributed by atoms with Crippen molar-refractivity contribution in [1.29, 1.82) is 0 Å². The van der Waals surface area contributed by atoms with Crippen LogP contribution in [0.1, 0.15) is 72.8 Å². The van der Waals surface area contributed by atoms with Crippen LogP contribution in [0.25, 0.3) is 10.9 Å². The number of pyridine rings is 1. The Bertz CT molecular complexity index is 939. The Labute approximate surface area is 176 Å². The highest BCUT2D eigenvalue weighted by Crippen LogP contribution is 2.38. The quantitative estimate of drug-likeness (QED) is 0.673. The van der Waals surface area contributed by atoms with Gasteiger partial charge in [-0.1, -0.05) is 25.4 Å². The van der Waals surface area contributed by atoms with E-state index in [4.69, 9.17) is 22.3 Å². The van der Waals surface area contributed by atoms with Gasteiger partial charge in [-0.15, -0.1) is 0 Å². The van der Waals surface area contributed by atoms with Crippen molar-refractivity contribution in [3.63, 3.8) is 0 Å². The molecule has 1 heterocycles. The number of benzene rings is 1. The molecular formula is C22H28ClN3O3. The molecule has 1 aliphatic rings. The number of rotatable bonds is 8. The van der Waals surface area contributed by atoms with Gasteiger partial charge < -0.3 is 10.8 Å². The number of primary amides is 1. The number of carboxylic acids is 1. The average molecular weight is 418 g/mol. The third kappa shape index (κ3) is 4.23. The maximum absolute atomic E-state index is 12.6. The highest BCUT2D eigenvalue weighted by Gasteiger charge is 2.30. The SMILES string of the molecule is CCCN(CCC)C(C(N)=O)c1cc(C(=O)O)cc2nc3c(c(Cl)c12)CCCC3. The standard InChI is InChI=1S/C22H28ClN3O3/c1-3-9-26(10-4-2)20(21(24)27)15-11-13(22(28)29)12-17-18(15)19(23)14-7-5-6-8-16(14)25-17/h11-12,20H,3-10H2,1-2H3,(H2,24,27)(H,28,29). The molecule has 1 aliphatic carbocycles. The number of halogens is 1. The van der Waals surface area contributed by atoms with E-state index < -0.39 is 17.9 Å². The lowest BCUT2D eigenvalue weighted by molar-refractivity contribution is -0.123. The van der Waals surface area contributed by atoms with E-state index in [0.29, 0.717) is 34.6 Å². The van der Waals surface area contributed by atoms with Crippen molar-refractivity contribution in [3.05, 3.63) is 39.5 Å². The zero-order valence-electron chi connectivity index (χ0n) is 17.0.